The molecule has 1 saturated heterocycles. The van der Waals surface area contributed by atoms with Gasteiger partial charge in [-0.15, -0.1) is 24.0 Å². The number of benzene rings is 1. The molecule has 7 nitrogen and oxygen atoms in total. The van der Waals surface area contributed by atoms with Crippen molar-refractivity contribution in [3.05, 3.63) is 35.4 Å². The van der Waals surface area contributed by atoms with Crippen LogP contribution in [0.25, 0.3) is 0 Å². The lowest BCUT2D eigenvalue weighted by Crippen LogP contribution is -2.47. The summed E-state index contributed by atoms with van der Waals surface area (Å²) in [5.41, 5.74) is 1.43. The molecule has 0 spiro atoms. The van der Waals surface area contributed by atoms with Crippen LogP contribution in [-0.2, 0) is 16.0 Å². The molecule has 182 valence electrons. The second kappa shape index (κ2) is 14.7. The Morgan fingerprint density at radius 2 is 1.94 bits per heavy atom. The van der Waals surface area contributed by atoms with Crippen molar-refractivity contribution >= 4 is 35.8 Å². The lowest BCUT2D eigenvalue weighted by atomic mass is 10.1. The van der Waals surface area contributed by atoms with Crippen LogP contribution < -0.4 is 10.6 Å². The van der Waals surface area contributed by atoms with Crippen molar-refractivity contribution in [3.63, 3.8) is 0 Å². The third-order valence-electron chi connectivity index (χ3n) is 5.01. The van der Waals surface area contributed by atoms with Crippen molar-refractivity contribution in [2.45, 2.75) is 65.1 Å². The van der Waals surface area contributed by atoms with Gasteiger partial charge in [0.1, 0.15) is 0 Å². The van der Waals surface area contributed by atoms with Gasteiger partial charge in [0.2, 0.25) is 0 Å². The molecule has 1 aliphatic heterocycles. The maximum absolute atomic E-state index is 12.5. The van der Waals surface area contributed by atoms with Crippen LogP contribution in [0.15, 0.2) is 29.3 Å². The number of guanidine groups is 1. The average molecular weight is 561 g/mol. The maximum atomic E-state index is 12.5. The summed E-state index contributed by atoms with van der Waals surface area (Å²) in [5, 5.41) is 6.42. The smallest absolute Gasteiger partial charge is 0.251 e. The summed E-state index contributed by atoms with van der Waals surface area (Å²) in [5.74, 6) is 0.864. The van der Waals surface area contributed by atoms with Crippen LogP contribution in [0.5, 0.6) is 0 Å². The fourth-order valence-electron chi connectivity index (χ4n) is 3.50. The number of nitrogens with one attached hydrogen (secondary N) is 2. The van der Waals surface area contributed by atoms with E-state index >= 15 is 0 Å². The monoisotopic (exact) mass is 560 g/mol. The number of carbonyl (C=O) groups is 1. The molecule has 0 bridgehead atoms. The van der Waals surface area contributed by atoms with E-state index in [1.54, 1.807) is 7.11 Å². The maximum Gasteiger partial charge on any atom is 0.251 e. The Balaban J connectivity index is 0.00000512. The molecule has 2 rings (SSSR count). The molecule has 2 N–H and O–H groups in total. The van der Waals surface area contributed by atoms with E-state index in [1.807, 2.05) is 45.0 Å². The molecule has 1 fully saturated rings. The quantitative estimate of drug-likeness (QED) is 0.208. The minimum Gasteiger partial charge on any atom is -0.385 e. The van der Waals surface area contributed by atoms with Gasteiger partial charge in [0.05, 0.1) is 12.6 Å². The van der Waals surface area contributed by atoms with Crippen molar-refractivity contribution in [2.24, 2.45) is 4.99 Å². The minimum absolute atomic E-state index is 0. The van der Waals surface area contributed by atoms with Gasteiger partial charge in [-0.05, 0) is 64.7 Å². The zero-order valence-corrected chi connectivity index (χ0v) is 22.6. The molecule has 1 aliphatic rings. The second-order valence-electron chi connectivity index (χ2n) is 8.98. The number of piperidine rings is 1. The van der Waals surface area contributed by atoms with E-state index < -0.39 is 0 Å². The molecular weight excluding hydrogens is 519 g/mol. The van der Waals surface area contributed by atoms with Gasteiger partial charge in [0, 0.05) is 51.1 Å². The second-order valence-corrected chi connectivity index (χ2v) is 8.98. The van der Waals surface area contributed by atoms with E-state index in [2.05, 4.69) is 22.5 Å². The molecule has 0 radical (unpaired) electrons. The number of likely N-dealkylation sites (tertiary alicyclic amines) is 1. The number of rotatable bonds is 9. The number of hydrogen-bond acceptors (Lipinski definition) is 4. The zero-order valence-electron chi connectivity index (χ0n) is 20.3. The number of aliphatic imine (C=N–C) groups is 1. The Morgan fingerprint density at radius 1 is 1.22 bits per heavy atom. The summed E-state index contributed by atoms with van der Waals surface area (Å²) in [6, 6.07) is 7.70. The summed E-state index contributed by atoms with van der Waals surface area (Å²) >= 11 is 0. The lowest BCUT2D eigenvalue weighted by molar-refractivity contribution is 0.00990. The summed E-state index contributed by atoms with van der Waals surface area (Å²) in [7, 11) is 1.72. The van der Waals surface area contributed by atoms with E-state index in [4.69, 9.17) is 14.5 Å². The molecule has 0 atom stereocenters. The van der Waals surface area contributed by atoms with Gasteiger partial charge in [0.25, 0.3) is 5.91 Å². The highest BCUT2D eigenvalue weighted by Gasteiger charge is 2.22. The van der Waals surface area contributed by atoms with Crippen LogP contribution in [0.1, 0.15) is 62.9 Å². The Bertz CT molecular complexity index is 713. The highest BCUT2D eigenvalue weighted by Crippen LogP contribution is 2.15. The number of ether oxygens (including phenoxy) is 2. The Hall–Kier alpha value is -1.39. The number of nitrogens with zero attached hydrogens (tertiary/aromatic N) is 2. The third-order valence-corrected chi connectivity index (χ3v) is 5.01. The normalized spacial score (nSPS) is 15.3. The molecule has 8 heteroatoms. The highest BCUT2D eigenvalue weighted by molar-refractivity contribution is 14.0. The van der Waals surface area contributed by atoms with Gasteiger partial charge in [-0.25, -0.2) is 4.99 Å². The molecule has 1 aromatic carbocycles. The molecule has 0 saturated carbocycles. The molecule has 0 aromatic heterocycles. The summed E-state index contributed by atoms with van der Waals surface area (Å²) < 4.78 is 11.0. The van der Waals surface area contributed by atoms with Crippen molar-refractivity contribution in [3.8, 4) is 0 Å². The predicted octanol–water partition coefficient (Wildman–Crippen LogP) is 3.82. The van der Waals surface area contributed by atoms with Gasteiger partial charge in [-0.3, -0.25) is 4.79 Å². The van der Waals surface area contributed by atoms with E-state index in [0.29, 0.717) is 18.2 Å². The molecule has 1 amide bonds. The first-order chi connectivity index (χ1) is 14.8. The number of hydrogen-bond donors (Lipinski definition) is 2. The topological polar surface area (TPSA) is 75.2 Å². The van der Waals surface area contributed by atoms with Crippen LogP contribution >= 0.6 is 24.0 Å². The van der Waals surface area contributed by atoms with E-state index in [-0.39, 0.29) is 35.4 Å². The van der Waals surface area contributed by atoms with Crippen LogP contribution in [-0.4, -0.2) is 68.4 Å². The molecule has 32 heavy (non-hydrogen) atoms. The molecule has 0 unspecified atom stereocenters. The van der Waals surface area contributed by atoms with Crippen molar-refractivity contribution < 1.29 is 14.3 Å². The van der Waals surface area contributed by atoms with Gasteiger partial charge in [-0.2, -0.15) is 0 Å². The first kappa shape index (κ1) is 28.6. The fourth-order valence-corrected chi connectivity index (χ4v) is 3.50. The molecule has 1 aromatic rings. The zero-order chi connectivity index (χ0) is 22.7. The van der Waals surface area contributed by atoms with E-state index in [1.165, 1.54) is 0 Å². The van der Waals surface area contributed by atoms with E-state index in [9.17, 15) is 4.79 Å². The SMILES string of the molecule is CCNC(=NCc1cccc(C(=O)NC(C)(C)C)c1)N1CCC(OCCCOC)CC1.I. The number of carbonyl (C=O) groups excluding carboxylic acids is 1. The summed E-state index contributed by atoms with van der Waals surface area (Å²) in [6.07, 6.45) is 3.25. The van der Waals surface area contributed by atoms with Crippen molar-refractivity contribution in [1.29, 1.82) is 0 Å². The molecular formula is C24H41IN4O3. The number of methoxy groups -OCH3 is 1. The van der Waals surface area contributed by atoms with E-state index in [0.717, 1.165) is 63.6 Å². The Morgan fingerprint density at radius 3 is 2.56 bits per heavy atom. The van der Waals surface area contributed by atoms with Gasteiger partial charge < -0.3 is 25.0 Å². The molecule has 1 heterocycles. The summed E-state index contributed by atoms with van der Waals surface area (Å²) in [6.45, 7) is 12.7. The van der Waals surface area contributed by atoms with Crippen molar-refractivity contribution in [2.75, 3.05) is 40.0 Å². The van der Waals surface area contributed by atoms with Gasteiger partial charge >= 0.3 is 0 Å². The third kappa shape index (κ3) is 10.5. The van der Waals surface area contributed by atoms with Crippen LogP contribution in [0.3, 0.4) is 0 Å². The largest absolute Gasteiger partial charge is 0.385 e. The fraction of sp³-hybridized carbons (Fsp3) is 0.667. The predicted molar refractivity (Wildman–Crippen MR) is 141 cm³/mol. The van der Waals surface area contributed by atoms with Crippen LogP contribution in [0.4, 0.5) is 0 Å². The highest BCUT2D eigenvalue weighted by atomic mass is 127. The number of halogens is 1. The Kier molecular flexibility index (Phi) is 13.2. The first-order valence-corrected chi connectivity index (χ1v) is 11.4. The first-order valence-electron chi connectivity index (χ1n) is 11.4. The van der Waals surface area contributed by atoms with Crippen LogP contribution in [0, 0.1) is 0 Å². The summed E-state index contributed by atoms with van der Waals surface area (Å²) in [4.78, 5) is 19.6. The molecule has 0 aliphatic carbocycles. The minimum atomic E-state index is -0.261. The number of amides is 1. The Labute approximate surface area is 210 Å². The van der Waals surface area contributed by atoms with Crippen molar-refractivity contribution in [1.82, 2.24) is 15.5 Å². The van der Waals surface area contributed by atoms with Gasteiger partial charge in [-0.1, -0.05) is 12.1 Å². The van der Waals surface area contributed by atoms with Gasteiger partial charge in [0.15, 0.2) is 5.96 Å². The van der Waals surface area contributed by atoms with Crippen LogP contribution in [0.2, 0.25) is 0 Å². The standard InChI is InChI=1S/C24H40N4O3.HI/c1-6-25-23(28-13-11-21(12-14-28)31-16-8-15-30-5)26-18-19-9-7-10-20(17-19)22(29)27-24(2,3)4;/h7,9-10,17,21H,6,8,11-16,18H2,1-5H3,(H,25,26)(H,27,29);1H. The lowest BCUT2D eigenvalue weighted by Gasteiger charge is -2.34. The average Bonchev–Trinajstić information content (AvgIpc) is 2.74.